The number of carbonyl (C=O) groups is 2. The number of nitrogens with zero attached hydrogens (tertiary/aromatic N) is 2. The number of hydrogen-bond donors (Lipinski definition) is 2. The first-order chi connectivity index (χ1) is 12.9. The average Bonchev–Trinajstić information content (AvgIpc) is 2.65. The van der Waals surface area contributed by atoms with Gasteiger partial charge in [0.15, 0.2) is 28.9 Å². The third kappa shape index (κ3) is 4.49. The van der Waals surface area contributed by atoms with E-state index in [0.29, 0.717) is 17.1 Å². The van der Waals surface area contributed by atoms with Crippen molar-refractivity contribution in [2.24, 2.45) is 0 Å². The van der Waals surface area contributed by atoms with E-state index in [9.17, 15) is 18.4 Å². The SMILES string of the molecule is CC(=O)c1cccc(Nc2ccc(C(=O)Nc3ccc(F)c(F)c3)nn2)c1. The molecule has 0 unspecified atom stereocenters. The molecule has 1 amide bonds. The number of aromatic nitrogens is 2. The number of rotatable bonds is 5. The highest BCUT2D eigenvalue weighted by Gasteiger charge is 2.11. The normalized spacial score (nSPS) is 10.3. The largest absolute Gasteiger partial charge is 0.339 e. The summed E-state index contributed by atoms with van der Waals surface area (Å²) in [5.74, 6) is -2.36. The number of nitrogens with one attached hydrogen (secondary N) is 2. The Morgan fingerprint density at radius 2 is 1.70 bits per heavy atom. The fourth-order valence-electron chi connectivity index (χ4n) is 2.25. The Morgan fingerprint density at radius 1 is 0.889 bits per heavy atom. The monoisotopic (exact) mass is 368 g/mol. The molecular formula is C19H14F2N4O2. The summed E-state index contributed by atoms with van der Waals surface area (Å²) in [6.07, 6.45) is 0. The van der Waals surface area contributed by atoms with Crippen LogP contribution in [0.25, 0.3) is 0 Å². The maximum absolute atomic E-state index is 13.2. The van der Waals surface area contributed by atoms with E-state index in [1.807, 2.05) is 0 Å². The van der Waals surface area contributed by atoms with Crippen LogP contribution in [0.4, 0.5) is 26.0 Å². The molecule has 0 atom stereocenters. The maximum Gasteiger partial charge on any atom is 0.276 e. The minimum atomic E-state index is -1.06. The predicted octanol–water partition coefficient (Wildman–Crippen LogP) is 3.95. The molecule has 2 aromatic carbocycles. The Bertz CT molecular complexity index is 1010. The van der Waals surface area contributed by atoms with Crippen LogP contribution in [0.2, 0.25) is 0 Å². The molecule has 136 valence electrons. The van der Waals surface area contributed by atoms with Crippen molar-refractivity contribution >= 4 is 28.9 Å². The molecule has 8 heteroatoms. The van der Waals surface area contributed by atoms with Gasteiger partial charge in [0.25, 0.3) is 5.91 Å². The van der Waals surface area contributed by atoms with Crippen molar-refractivity contribution in [2.75, 3.05) is 10.6 Å². The van der Waals surface area contributed by atoms with Crippen molar-refractivity contribution in [3.63, 3.8) is 0 Å². The van der Waals surface area contributed by atoms with Crippen molar-refractivity contribution < 1.29 is 18.4 Å². The molecule has 3 aromatic rings. The van der Waals surface area contributed by atoms with E-state index in [1.54, 1.807) is 24.3 Å². The van der Waals surface area contributed by atoms with Crippen LogP contribution in [0.15, 0.2) is 54.6 Å². The highest BCUT2D eigenvalue weighted by Crippen LogP contribution is 2.17. The van der Waals surface area contributed by atoms with Gasteiger partial charge in [0.1, 0.15) is 0 Å². The van der Waals surface area contributed by atoms with E-state index in [4.69, 9.17) is 0 Å². The highest BCUT2D eigenvalue weighted by molar-refractivity contribution is 6.02. The third-order valence-electron chi connectivity index (χ3n) is 3.62. The Morgan fingerprint density at radius 3 is 2.37 bits per heavy atom. The lowest BCUT2D eigenvalue weighted by molar-refractivity contribution is 0.101. The Hall–Kier alpha value is -3.68. The summed E-state index contributed by atoms with van der Waals surface area (Å²) in [4.78, 5) is 23.5. The van der Waals surface area contributed by atoms with Gasteiger partial charge in [-0.2, -0.15) is 0 Å². The Kier molecular flexibility index (Phi) is 5.16. The second-order valence-corrected chi connectivity index (χ2v) is 5.65. The minimum absolute atomic E-state index is 0.00256. The number of hydrogen-bond acceptors (Lipinski definition) is 5. The first-order valence-electron chi connectivity index (χ1n) is 7.90. The summed E-state index contributed by atoms with van der Waals surface area (Å²) in [5.41, 5.74) is 1.30. The number of amides is 1. The highest BCUT2D eigenvalue weighted by atomic mass is 19.2. The lowest BCUT2D eigenvalue weighted by Gasteiger charge is -2.07. The summed E-state index contributed by atoms with van der Waals surface area (Å²) < 4.78 is 26.1. The zero-order valence-electron chi connectivity index (χ0n) is 14.2. The first-order valence-corrected chi connectivity index (χ1v) is 7.90. The van der Waals surface area contributed by atoms with Gasteiger partial charge in [0.2, 0.25) is 0 Å². The van der Waals surface area contributed by atoms with Crippen molar-refractivity contribution in [2.45, 2.75) is 6.92 Å². The van der Waals surface area contributed by atoms with Crippen LogP contribution < -0.4 is 10.6 Å². The van der Waals surface area contributed by atoms with Crippen LogP contribution in [-0.4, -0.2) is 21.9 Å². The van der Waals surface area contributed by atoms with E-state index < -0.39 is 17.5 Å². The maximum atomic E-state index is 13.2. The van der Waals surface area contributed by atoms with Gasteiger partial charge < -0.3 is 10.6 Å². The molecule has 6 nitrogen and oxygen atoms in total. The zero-order chi connectivity index (χ0) is 19.4. The molecule has 0 bridgehead atoms. The smallest absolute Gasteiger partial charge is 0.276 e. The molecule has 0 saturated heterocycles. The standard InChI is InChI=1S/C19H14F2N4O2/c1-11(26)12-3-2-4-13(9-12)22-18-8-7-17(24-25-18)19(27)23-14-5-6-15(20)16(21)10-14/h2-10H,1H3,(H,22,25)(H,23,27). The van der Waals surface area contributed by atoms with E-state index in [-0.39, 0.29) is 17.2 Å². The summed E-state index contributed by atoms with van der Waals surface area (Å²) in [6, 6.07) is 12.9. The molecule has 0 saturated carbocycles. The molecule has 0 spiro atoms. The van der Waals surface area contributed by atoms with Gasteiger partial charge in [-0.1, -0.05) is 12.1 Å². The summed E-state index contributed by atoms with van der Waals surface area (Å²) in [5, 5.41) is 13.1. The van der Waals surface area contributed by atoms with Crippen molar-refractivity contribution in [3.8, 4) is 0 Å². The van der Waals surface area contributed by atoms with Crippen LogP contribution in [0.5, 0.6) is 0 Å². The summed E-state index contributed by atoms with van der Waals surface area (Å²) in [7, 11) is 0. The topological polar surface area (TPSA) is 84.0 Å². The first kappa shape index (κ1) is 18.1. The van der Waals surface area contributed by atoms with Gasteiger partial charge >= 0.3 is 0 Å². The Labute approximate surface area is 153 Å². The molecule has 0 aliphatic rings. The van der Waals surface area contributed by atoms with Gasteiger partial charge in [-0.25, -0.2) is 8.78 Å². The average molecular weight is 368 g/mol. The number of benzene rings is 2. The predicted molar refractivity (Wildman–Crippen MR) is 96.1 cm³/mol. The molecule has 0 radical (unpaired) electrons. The van der Waals surface area contributed by atoms with Gasteiger partial charge in [-0.05, 0) is 43.3 Å². The molecule has 2 N–H and O–H groups in total. The van der Waals surface area contributed by atoms with Crippen LogP contribution in [0.3, 0.4) is 0 Å². The fourth-order valence-corrected chi connectivity index (χ4v) is 2.25. The number of Topliss-reactive ketones (excluding diaryl/α,β-unsaturated/α-hetero) is 1. The van der Waals surface area contributed by atoms with E-state index in [1.165, 1.54) is 25.1 Å². The van der Waals surface area contributed by atoms with Gasteiger partial charge in [0.05, 0.1) is 0 Å². The van der Waals surface area contributed by atoms with E-state index in [2.05, 4.69) is 20.8 Å². The molecule has 1 aromatic heterocycles. The van der Waals surface area contributed by atoms with E-state index >= 15 is 0 Å². The van der Waals surface area contributed by atoms with Crippen LogP contribution >= 0.6 is 0 Å². The lowest BCUT2D eigenvalue weighted by Crippen LogP contribution is -2.14. The number of anilines is 3. The summed E-state index contributed by atoms with van der Waals surface area (Å²) >= 11 is 0. The molecule has 0 fully saturated rings. The minimum Gasteiger partial charge on any atom is -0.339 e. The molecule has 0 aliphatic carbocycles. The third-order valence-corrected chi connectivity index (χ3v) is 3.62. The fraction of sp³-hybridized carbons (Fsp3) is 0.0526. The van der Waals surface area contributed by atoms with Gasteiger partial charge in [-0.3, -0.25) is 9.59 Å². The Balaban J connectivity index is 1.69. The second-order valence-electron chi connectivity index (χ2n) is 5.65. The van der Waals surface area contributed by atoms with Gasteiger partial charge in [-0.15, -0.1) is 10.2 Å². The van der Waals surface area contributed by atoms with Crippen LogP contribution in [0.1, 0.15) is 27.8 Å². The van der Waals surface area contributed by atoms with Crippen molar-refractivity contribution in [1.82, 2.24) is 10.2 Å². The molecule has 1 heterocycles. The van der Waals surface area contributed by atoms with E-state index in [0.717, 1.165) is 12.1 Å². The van der Waals surface area contributed by atoms with Gasteiger partial charge in [0, 0.05) is 23.0 Å². The summed E-state index contributed by atoms with van der Waals surface area (Å²) in [6.45, 7) is 1.47. The van der Waals surface area contributed by atoms with Crippen LogP contribution in [-0.2, 0) is 0 Å². The van der Waals surface area contributed by atoms with Crippen molar-refractivity contribution in [3.05, 3.63) is 77.5 Å². The van der Waals surface area contributed by atoms with Crippen molar-refractivity contribution in [1.29, 1.82) is 0 Å². The molecule has 3 rings (SSSR count). The number of carbonyl (C=O) groups excluding carboxylic acids is 2. The second kappa shape index (κ2) is 7.69. The number of halogens is 2. The number of ketones is 1. The quantitative estimate of drug-likeness (QED) is 0.666. The van der Waals surface area contributed by atoms with Crippen LogP contribution in [0, 0.1) is 11.6 Å². The lowest BCUT2D eigenvalue weighted by atomic mass is 10.1. The molecule has 0 aliphatic heterocycles. The molecular weight excluding hydrogens is 354 g/mol. The molecule has 27 heavy (non-hydrogen) atoms. The zero-order valence-corrected chi connectivity index (χ0v) is 14.2.